The number of aliphatic imine (C=N–C) groups is 2. The van der Waals surface area contributed by atoms with Crippen LogP contribution in [0.1, 0.15) is 11.1 Å². The number of anilines is 1. The first-order valence-corrected chi connectivity index (χ1v) is 13.3. The summed E-state index contributed by atoms with van der Waals surface area (Å²) in [6, 6.07) is 16.8. The lowest BCUT2D eigenvalue weighted by molar-refractivity contribution is -0.274. The number of nitrogens with two attached hydrogens (primary N) is 1. The van der Waals surface area contributed by atoms with Crippen LogP contribution in [0.3, 0.4) is 0 Å². The average molecular weight is 587 g/mol. The Hall–Kier alpha value is -3.48. The first-order valence-electron chi connectivity index (χ1n) is 10.9. The Bertz CT molecular complexity index is 1350. The fourth-order valence-corrected chi connectivity index (χ4v) is 5.59. The van der Waals surface area contributed by atoms with Gasteiger partial charge in [-0.15, -0.1) is 17.1 Å². The van der Waals surface area contributed by atoms with Gasteiger partial charge in [-0.2, -0.15) is 5.10 Å². The number of hydrogen-bond donors (Lipinski definition) is 2. The summed E-state index contributed by atoms with van der Waals surface area (Å²) < 4.78 is 57.4. The molecule has 38 heavy (non-hydrogen) atoms. The zero-order valence-electron chi connectivity index (χ0n) is 19.4. The molecule has 1 fully saturated rings. The molecule has 3 aromatic rings. The van der Waals surface area contributed by atoms with E-state index in [1.54, 1.807) is 42.5 Å². The zero-order chi connectivity index (χ0) is 27.3. The fraction of sp³-hybridized carbons (Fsp3) is 0.125. The third-order valence-corrected chi connectivity index (χ3v) is 7.97. The number of ether oxygens (including phenoxy) is 1. The summed E-state index contributed by atoms with van der Waals surface area (Å²) in [7, 11) is -2.91. The number of nitrogens with zero attached hydrogens (tertiary/aromatic N) is 4. The molecule has 1 unspecified atom stereocenters. The summed E-state index contributed by atoms with van der Waals surface area (Å²) in [5.74, 6) is 0.0999. The van der Waals surface area contributed by atoms with Gasteiger partial charge in [-0.3, -0.25) is 4.31 Å². The second-order valence-electron chi connectivity index (χ2n) is 7.77. The van der Waals surface area contributed by atoms with Crippen LogP contribution in [0.15, 0.2) is 81.8 Å². The van der Waals surface area contributed by atoms with Gasteiger partial charge in [0.15, 0.2) is 0 Å². The van der Waals surface area contributed by atoms with E-state index in [9.17, 15) is 13.2 Å². The van der Waals surface area contributed by atoms with Gasteiger partial charge >= 0.3 is 6.36 Å². The largest absolute Gasteiger partial charge is 0.573 e. The van der Waals surface area contributed by atoms with Crippen LogP contribution >= 0.6 is 34.0 Å². The number of hydrogen-bond acceptors (Lipinski definition) is 5. The molecule has 3 aromatic carbocycles. The number of hydrazone groups is 1. The summed E-state index contributed by atoms with van der Waals surface area (Å²) in [5.41, 5.74) is 8.07. The number of halogens is 6. The van der Waals surface area contributed by atoms with Crippen molar-refractivity contribution in [1.82, 2.24) is 4.83 Å². The van der Waals surface area contributed by atoms with Crippen molar-refractivity contribution in [2.75, 3.05) is 16.6 Å². The van der Waals surface area contributed by atoms with E-state index in [2.05, 4.69) is 24.7 Å². The maximum Gasteiger partial charge on any atom is 0.573 e. The third-order valence-electron chi connectivity index (χ3n) is 5.19. The van der Waals surface area contributed by atoms with Crippen LogP contribution in [-0.2, 0) is 0 Å². The molecule has 1 atom stereocenters. The highest BCUT2D eigenvalue weighted by atomic mass is 35.5. The van der Waals surface area contributed by atoms with Gasteiger partial charge in [0.05, 0.1) is 44.2 Å². The lowest BCUT2D eigenvalue weighted by atomic mass is 10.1. The highest BCUT2D eigenvalue weighted by molar-refractivity contribution is 8.30. The van der Waals surface area contributed by atoms with Gasteiger partial charge in [0.25, 0.3) is 0 Å². The third kappa shape index (κ3) is 6.88. The molecular formula is C24H20Cl2F4N6OS. The monoisotopic (exact) mass is 586 g/mol. The van der Waals surface area contributed by atoms with Gasteiger partial charge in [-0.25, -0.2) is 14.8 Å². The van der Waals surface area contributed by atoms with Gasteiger partial charge in [0, 0.05) is 12.1 Å². The van der Waals surface area contributed by atoms with E-state index in [0.29, 0.717) is 39.1 Å². The Balaban J connectivity index is 1.33. The zero-order valence-corrected chi connectivity index (χ0v) is 21.7. The van der Waals surface area contributed by atoms with Crippen molar-refractivity contribution in [3.8, 4) is 5.75 Å². The number of rotatable bonds is 8. The molecule has 0 aromatic heterocycles. The summed E-state index contributed by atoms with van der Waals surface area (Å²) >= 11 is 12.4. The Kier molecular flexibility index (Phi) is 8.34. The van der Waals surface area contributed by atoms with Gasteiger partial charge in [0.2, 0.25) is 0 Å². The summed E-state index contributed by atoms with van der Waals surface area (Å²) in [4.78, 5) is 10.7. The summed E-state index contributed by atoms with van der Waals surface area (Å²) in [6.07, 6.45) is -2.10. The van der Waals surface area contributed by atoms with Gasteiger partial charge < -0.3 is 10.5 Å². The number of alkyl halides is 3. The minimum absolute atomic E-state index is 0.168. The second kappa shape index (κ2) is 11.5. The highest BCUT2D eigenvalue weighted by Gasteiger charge is 2.42. The van der Waals surface area contributed by atoms with Gasteiger partial charge in [-0.05, 0) is 42.0 Å². The summed E-state index contributed by atoms with van der Waals surface area (Å²) in [5, 5.41) is 4.79. The van der Waals surface area contributed by atoms with Crippen LogP contribution < -0.4 is 19.6 Å². The van der Waals surface area contributed by atoms with Crippen LogP contribution in [0.5, 0.6) is 5.75 Å². The van der Waals surface area contributed by atoms with E-state index < -0.39 is 17.1 Å². The molecule has 1 aliphatic heterocycles. The van der Waals surface area contributed by atoms with Crippen LogP contribution in [0.4, 0.5) is 28.4 Å². The molecule has 0 spiro atoms. The van der Waals surface area contributed by atoms with Crippen molar-refractivity contribution >= 4 is 63.8 Å². The van der Waals surface area contributed by atoms with Gasteiger partial charge in [-0.1, -0.05) is 53.5 Å². The van der Waals surface area contributed by atoms with Crippen molar-refractivity contribution in [3.63, 3.8) is 0 Å². The van der Waals surface area contributed by atoms with Crippen molar-refractivity contribution in [2.45, 2.75) is 6.36 Å². The van der Waals surface area contributed by atoms with Crippen molar-refractivity contribution in [1.29, 1.82) is 0 Å². The Morgan fingerprint density at radius 1 is 1.03 bits per heavy atom. The van der Waals surface area contributed by atoms with E-state index >= 15 is 3.89 Å². The Morgan fingerprint density at radius 2 is 1.68 bits per heavy atom. The van der Waals surface area contributed by atoms with Crippen LogP contribution in [0.2, 0.25) is 10.0 Å². The smallest absolute Gasteiger partial charge is 0.406 e. The minimum atomic E-state index is -4.76. The van der Waals surface area contributed by atoms with E-state index in [-0.39, 0.29) is 17.3 Å². The van der Waals surface area contributed by atoms with Gasteiger partial charge in [0.1, 0.15) is 17.9 Å². The molecule has 200 valence electrons. The normalized spacial score (nSPS) is 19.8. The molecule has 0 bridgehead atoms. The maximum atomic E-state index is 15.4. The Morgan fingerprint density at radius 3 is 2.26 bits per heavy atom. The second-order valence-corrected chi connectivity index (χ2v) is 10.9. The topological polar surface area (TPSA) is 87.6 Å². The first-order chi connectivity index (χ1) is 18.0. The predicted octanol–water partition coefficient (Wildman–Crippen LogP) is 6.92. The van der Waals surface area contributed by atoms with E-state index in [4.69, 9.17) is 28.9 Å². The van der Waals surface area contributed by atoms with Crippen molar-refractivity contribution < 1.29 is 21.8 Å². The number of para-hydroxylation sites is 1. The number of benzene rings is 3. The molecule has 4 rings (SSSR count). The lowest BCUT2D eigenvalue weighted by Crippen LogP contribution is -2.47. The molecule has 1 heterocycles. The maximum absolute atomic E-state index is 15.4. The van der Waals surface area contributed by atoms with Crippen molar-refractivity contribution in [3.05, 3.63) is 87.9 Å². The van der Waals surface area contributed by atoms with Crippen LogP contribution in [0.25, 0.3) is 0 Å². The highest BCUT2D eigenvalue weighted by Crippen LogP contribution is 2.60. The standard InChI is InChI=1S/C24H20Cl2F4N6OS/c25-20-2-1-3-21(26)22(20)36-12-13-38(36,30)35-34-14-16-4-6-17(7-5-16)23(31)33-15-32-18-8-10-19(11-9-18)37-24(27,28)29/h1-11,14-15,35H,12-13H2,(H2,31,32,33)/b34-14+. The fourth-order valence-electron chi connectivity index (χ4n) is 3.31. The first kappa shape index (κ1) is 27.6. The molecule has 0 aliphatic carbocycles. The lowest BCUT2D eigenvalue weighted by Gasteiger charge is -2.50. The Labute approximate surface area is 227 Å². The van der Waals surface area contributed by atoms with Crippen molar-refractivity contribution in [2.24, 2.45) is 20.8 Å². The quantitative estimate of drug-likeness (QED) is 0.130. The average Bonchev–Trinajstić information content (AvgIpc) is 2.86. The van der Waals surface area contributed by atoms with E-state index in [0.717, 1.165) is 12.1 Å². The molecule has 0 amide bonds. The van der Waals surface area contributed by atoms with E-state index in [1.165, 1.54) is 29.0 Å². The molecule has 7 nitrogen and oxygen atoms in total. The molecule has 0 saturated carbocycles. The molecule has 1 saturated heterocycles. The van der Waals surface area contributed by atoms with Crippen LogP contribution in [-0.4, -0.2) is 37.0 Å². The number of amidine groups is 1. The molecule has 1 aliphatic rings. The van der Waals surface area contributed by atoms with E-state index in [1.807, 2.05) is 0 Å². The molecule has 0 radical (unpaired) electrons. The molecule has 14 heteroatoms. The number of nitrogens with one attached hydrogen (secondary N) is 1. The predicted molar refractivity (Wildman–Crippen MR) is 147 cm³/mol. The molecule has 3 N–H and O–H groups in total. The molecular weight excluding hydrogens is 567 g/mol. The minimum Gasteiger partial charge on any atom is -0.406 e. The summed E-state index contributed by atoms with van der Waals surface area (Å²) in [6.45, 7) is 0.464. The SMILES string of the molecule is NC(=NC=Nc1ccc(OC(F)(F)F)cc1)c1ccc(/C=N/NS2(F)CCN2c2c(Cl)cccc2Cl)cc1. The van der Waals surface area contributed by atoms with Crippen LogP contribution in [0, 0.1) is 0 Å².